The Hall–Kier alpha value is -0.0800. The molecule has 0 bridgehead atoms. The fourth-order valence-corrected chi connectivity index (χ4v) is 1.92. The van der Waals surface area contributed by atoms with Crippen LogP contribution in [0.3, 0.4) is 0 Å². The Morgan fingerprint density at radius 2 is 1.64 bits per heavy atom. The molecule has 0 radical (unpaired) electrons. The molecular formula is C9H20NO+. The van der Waals surface area contributed by atoms with Crippen molar-refractivity contribution in [2.75, 3.05) is 33.3 Å². The summed E-state index contributed by atoms with van der Waals surface area (Å²) < 4.78 is 1.09. The van der Waals surface area contributed by atoms with Gasteiger partial charge < -0.3 is 9.59 Å². The topological polar surface area (TPSA) is 20.2 Å². The standard InChI is InChI=1S/C9H20NO/c1-10(8-9-11)6-4-2-3-5-7-10/h11H,2-9H2,1H3/q+1. The molecule has 66 valence electrons. The van der Waals surface area contributed by atoms with Gasteiger partial charge in [0.15, 0.2) is 0 Å². The smallest absolute Gasteiger partial charge is 0.102 e. The first-order valence-electron chi connectivity index (χ1n) is 4.71. The van der Waals surface area contributed by atoms with Crippen molar-refractivity contribution < 1.29 is 9.59 Å². The van der Waals surface area contributed by atoms with Gasteiger partial charge in [0.05, 0.1) is 26.7 Å². The van der Waals surface area contributed by atoms with Crippen molar-refractivity contribution in [3.63, 3.8) is 0 Å². The molecule has 11 heavy (non-hydrogen) atoms. The average Bonchev–Trinajstić information content (AvgIpc) is 2.15. The number of rotatable bonds is 2. The van der Waals surface area contributed by atoms with Crippen LogP contribution in [0.2, 0.25) is 0 Å². The highest BCUT2D eigenvalue weighted by molar-refractivity contribution is 4.50. The zero-order valence-corrected chi connectivity index (χ0v) is 7.55. The quantitative estimate of drug-likeness (QED) is 0.594. The third-order valence-electron chi connectivity index (χ3n) is 2.79. The molecule has 0 amide bonds. The lowest BCUT2D eigenvalue weighted by atomic mass is 10.2. The molecule has 0 atom stereocenters. The molecule has 0 unspecified atom stereocenters. The average molecular weight is 158 g/mol. The van der Waals surface area contributed by atoms with Crippen molar-refractivity contribution in [1.29, 1.82) is 0 Å². The van der Waals surface area contributed by atoms with Crippen molar-refractivity contribution in [1.82, 2.24) is 0 Å². The van der Waals surface area contributed by atoms with Crippen LogP contribution in [-0.4, -0.2) is 42.9 Å². The minimum absolute atomic E-state index is 0.344. The Morgan fingerprint density at radius 1 is 1.09 bits per heavy atom. The summed E-state index contributed by atoms with van der Waals surface area (Å²) in [5, 5.41) is 8.86. The van der Waals surface area contributed by atoms with Crippen molar-refractivity contribution >= 4 is 0 Å². The maximum atomic E-state index is 8.86. The van der Waals surface area contributed by atoms with E-state index in [9.17, 15) is 0 Å². The van der Waals surface area contributed by atoms with Gasteiger partial charge in [-0.2, -0.15) is 0 Å². The SMILES string of the molecule is C[N+]1(CCO)CCCCCC1. The van der Waals surface area contributed by atoms with Gasteiger partial charge >= 0.3 is 0 Å². The lowest BCUT2D eigenvalue weighted by molar-refractivity contribution is -0.909. The first kappa shape index (κ1) is 9.01. The van der Waals surface area contributed by atoms with Gasteiger partial charge in [-0.25, -0.2) is 0 Å². The van der Waals surface area contributed by atoms with Crippen molar-refractivity contribution in [2.45, 2.75) is 25.7 Å². The number of hydrogen-bond donors (Lipinski definition) is 1. The number of aliphatic hydroxyl groups excluding tert-OH is 1. The van der Waals surface area contributed by atoms with Crippen LogP contribution in [0.5, 0.6) is 0 Å². The number of likely N-dealkylation sites (N-methyl/N-ethyl adjacent to an activating group) is 1. The van der Waals surface area contributed by atoms with Crippen molar-refractivity contribution in [3.05, 3.63) is 0 Å². The van der Waals surface area contributed by atoms with Crippen LogP contribution in [0.4, 0.5) is 0 Å². The van der Waals surface area contributed by atoms with Crippen molar-refractivity contribution in [2.24, 2.45) is 0 Å². The van der Waals surface area contributed by atoms with Crippen molar-refractivity contribution in [3.8, 4) is 0 Å². The van der Waals surface area contributed by atoms with Crippen LogP contribution in [0, 0.1) is 0 Å². The van der Waals surface area contributed by atoms with Crippen LogP contribution in [-0.2, 0) is 0 Å². The fraction of sp³-hybridized carbons (Fsp3) is 1.00. The van der Waals surface area contributed by atoms with E-state index in [1.807, 2.05) is 0 Å². The van der Waals surface area contributed by atoms with Gasteiger partial charge in [0, 0.05) is 0 Å². The molecule has 2 heteroatoms. The molecule has 1 rings (SSSR count). The predicted octanol–water partition coefficient (Wildman–Crippen LogP) is 0.999. The van der Waals surface area contributed by atoms with E-state index in [4.69, 9.17) is 5.11 Å². The highest BCUT2D eigenvalue weighted by Crippen LogP contribution is 2.14. The summed E-state index contributed by atoms with van der Waals surface area (Å²) in [6.45, 7) is 3.82. The molecule has 0 aromatic rings. The summed E-state index contributed by atoms with van der Waals surface area (Å²) in [6.07, 6.45) is 5.46. The Balaban J connectivity index is 2.38. The van der Waals surface area contributed by atoms with Crippen LogP contribution in [0.1, 0.15) is 25.7 Å². The lowest BCUT2D eigenvalue weighted by Gasteiger charge is -2.32. The van der Waals surface area contributed by atoms with E-state index in [1.165, 1.54) is 38.8 Å². The second-order valence-electron chi connectivity index (χ2n) is 3.93. The molecule has 1 aliphatic heterocycles. The molecule has 0 saturated carbocycles. The summed E-state index contributed by atoms with van der Waals surface area (Å²) in [7, 11) is 2.27. The normalized spacial score (nSPS) is 24.5. The summed E-state index contributed by atoms with van der Waals surface area (Å²) in [5.41, 5.74) is 0. The van der Waals surface area contributed by atoms with Gasteiger partial charge in [-0.1, -0.05) is 0 Å². The molecule has 1 heterocycles. The van der Waals surface area contributed by atoms with Gasteiger partial charge in [-0.05, 0) is 25.7 Å². The van der Waals surface area contributed by atoms with Gasteiger partial charge in [0.2, 0.25) is 0 Å². The molecule has 1 fully saturated rings. The maximum absolute atomic E-state index is 8.86. The molecular weight excluding hydrogens is 138 g/mol. The third-order valence-corrected chi connectivity index (χ3v) is 2.79. The Morgan fingerprint density at radius 3 is 2.09 bits per heavy atom. The number of likely N-dealkylation sites (tertiary alicyclic amines) is 1. The molecule has 0 aromatic heterocycles. The lowest BCUT2D eigenvalue weighted by Crippen LogP contribution is -2.46. The van der Waals surface area contributed by atoms with Gasteiger partial charge in [0.25, 0.3) is 0 Å². The van der Waals surface area contributed by atoms with Crippen LogP contribution >= 0.6 is 0 Å². The molecule has 0 spiro atoms. The molecule has 1 N–H and O–H groups in total. The van der Waals surface area contributed by atoms with E-state index in [-0.39, 0.29) is 0 Å². The summed E-state index contributed by atoms with van der Waals surface area (Å²) in [4.78, 5) is 0. The fourth-order valence-electron chi connectivity index (χ4n) is 1.92. The van der Waals surface area contributed by atoms with E-state index < -0.39 is 0 Å². The Labute approximate surface area is 69.4 Å². The van der Waals surface area contributed by atoms with E-state index in [0.717, 1.165) is 11.0 Å². The van der Waals surface area contributed by atoms with E-state index in [2.05, 4.69) is 7.05 Å². The molecule has 0 aromatic carbocycles. The Kier molecular flexibility index (Phi) is 3.34. The highest BCUT2D eigenvalue weighted by atomic mass is 16.3. The van der Waals surface area contributed by atoms with Gasteiger partial charge in [-0.15, -0.1) is 0 Å². The largest absolute Gasteiger partial charge is 0.391 e. The van der Waals surface area contributed by atoms with Gasteiger partial charge in [-0.3, -0.25) is 0 Å². The van der Waals surface area contributed by atoms with Gasteiger partial charge in [0.1, 0.15) is 6.54 Å². The first-order valence-corrected chi connectivity index (χ1v) is 4.71. The molecule has 2 nitrogen and oxygen atoms in total. The summed E-state index contributed by atoms with van der Waals surface area (Å²) >= 11 is 0. The second kappa shape index (κ2) is 4.07. The van der Waals surface area contributed by atoms with Crippen LogP contribution in [0.15, 0.2) is 0 Å². The summed E-state index contributed by atoms with van der Waals surface area (Å²) in [6, 6.07) is 0. The second-order valence-corrected chi connectivity index (χ2v) is 3.93. The highest BCUT2D eigenvalue weighted by Gasteiger charge is 2.21. The Bertz CT molecular complexity index is 106. The number of hydrogen-bond acceptors (Lipinski definition) is 1. The van der Waals surface area contributed by atoms with Crippen LogP contribution in [0.25, 0.3) is 0 Å². The molecule has 0 aliphatic carbocycles. The number of quaternary nitrogens is 1. The maximum Gasteiger partial charge on any atom is 0.102 e. The minimum Gasteiger partial charge on any atom is -0.391 e. The van der Waals surface area contributed by atoms with E-state index in [1.54, 1.807) is 0 Å². The zero-order chi connectivity index (χ0) is 8.16. The minimum atomic E-state index is 0.344. The summed E-state index contributed by atoms with van der Waals surface area (Å²) in [5.74, 6) is 0. The van der Waals surface area contributed by atoms with E-state index >= 15 is 0 Å². The van der Waals surface area contributed by atoms with Crippen LogP contribution < -0.4 is 0 Å². The zero-order valence-electron chi connectivity index (χ0n) is 7.55. The molecule has 1 aliphatic rings. The number of aliphatic hydroxyl groups is 1. The first-order chi connectivity index (χ1) is 5.27. The number of nitrogens with zero attached hydrogens (tertiary/aromatic N) is 1. The monoisotopic (exact) mass is 158 g/mol. The predicted molar refractivity (Wildman–Crippen MR) is 46.3 cm³/mol. The third kappa shape index (κ3) is 2.80. The molecule has 1 saturated heterocycles. The van der Waals surface area contributed by atoms with E-state index in [0.29, 0.717) is 6.61 Å².